The number of benzene rings is 1. The number of carbonyl (C=O) groups excluding carboxylic acids is 1. The summed E-state index contributed by atoms with van der Waals surface area (Å²) in [6.45, 7) is 1.73. The van der Waals surface area contributed by atoms with Gasteiger partial charge in [0, 0.05) is 18.8 Å². The highest BCUT2D eigenvalue weighted by Gasteiger charge is 2.25. The summed E-state index contributed by atoms with van der Waals surface area (Å²) in [6.07, 6.45) is 4.72. The highest BCUT2D eigenvalue weighted by molar-refractivity contribution is 5.75. The molecule has 7 heteroatoms. The first-order chi connectivity index (χ1) is 12.0. The molecule has 0 saturated carbocycles. The molecule has 3 rings (SSSR count). The smallest absolute Gasteiger partial charge is 0.315 e. The molecule has 1 aliphatic carbocycles. The fourth-order valence-electron chi connectivity index (χ4n) is 3.40. The van der Waals surface area contributed by atoms with E-state index in [9.17, 15) is 9.18 Å². The Labute approximate surface area is 146 Å². The summed E-state index contributed by atoms with van der Waals surface area (Å²) in [5.41, 5.74) is 2.42. The fraction of sp³-hybridized carbons (Fsp3) is 0.444. The molecule has 1 heterocycles. The Kier molecular flexibility index (Phi) is 4.92. The number of nitrogens with zero attached hydrogens (tertiary/aromatic N) is 2. The van der Waals surface area contributed by atoms with Gasteiger partial charge in [-0.25, -0.2) is 9.18 Å². The van der Waals surface area contributed by atoms with Gasteiger partial charge in [0.25, 0.3) is 0 Å². The van der Waals surface area contributed by atoms with Crippen LogP contribution in [0.2, 0.25) is 0 Å². The highest BCUT2D eigenvalue weighted by Crippen LogP contribution is 2.30. The summed E-state index contributed by atoms with van der Waals surface area (Å²) in [5, 5.41) is 10.2. The molecular weight excluding hydrogens is 323 g/mol. The van der Waals surface area contributed by atoms with E-state index in [1.807, 2.05) is 13.2 Å². The molecule has 2 N–H and O–H groups in total. The van der Waals surface area contributed by atoms with Crippen molar-refractivity contribution in [2.24, 2.45) is 7.05 Å². The number of ether oxygens (including phenoxy) is 1. The Hall–Kier alpha value is -2.57. The Bertz CT molecular complexity index is 774. The van der Waals surface area contributed by atoms with Gasteiger partial charge in [0.15, 0.2) is 0 Å². The van der Waals surface area contributed by atoms with Crippen LogP contribution in [-0.2, 0) is 13.5 Å². The number of fused-ring (bicyclic) bond motifs is 1. The standard InChI is InChI=1S/C18H23FN4O2/c1-11(17-13(19)6-4-9-16(17)25-3)20-18(24)21-14-7-5-8-15-12(14)10-23(2)22-15/h4,6,9-11,14H,5,7-8H2,1-3H3,(H2,20,21,24)/t11-,14-/m0/s1. The van der Waals surface area contributed by atoms with E-state index in [0.29, 0.717) is 11.3 Å². The molecule has 0 spiro atoms. The zero-order chi connectivity index (χ0) is 18.0. The fourth-order valence-corrected chi connectivity index (χ4v) is 3.40. The number of aromatic nitrogens is 2. The lowest BCUT2D eigenvalue weighted by molar-refractivity contribution is 0.232. The van der Waals surface area contributed by atoms with Crippen LogP contribution in [0.3, 0.4) is 0 Å². The minimum Gasteiger partial charge on any atom is -0.496 e. The van der Waals surface area contributed by atoms with Gasteiger partial charge in [0.2, 0.25) is 0 Å². The van der Waals surface area contributed by atoms with Crippen LogP contribution in [0.4, 0.5) is 9.18 Å². The summed E-state index contributed by atoms with van der Waals surface area (Å²) in [4.78, 5) is 12.4. The molecule has 0 fully saturated rings. The van der Waals surface area contributed by atoms with Crippen molar-refractivity contribution in [3.63, 3.8) is 0 Å². The largest absolute Gasteiger partial charge is 0.496 e. The molecule has 1 aliphatic rings. The highest BCUT2D eigenvalue weighted by atomic mass is 19.1. The summed E-state index contributed by atoms with van der Waals surface area (Å²) in [6, 6.07) is 3.69. The zero-order valence-corrected chi connectivity index (χ0v) is 14.7. The molecule has 0 aliphatic heterocycles. The zero-order valence-electron chi connectivity index (χ0n) is 14.7. The molecule has 2 aromatic rings. The van der Waals surface area contributed by atoms with Gasteiger partial charge in [0.05, 0.1) is 30.5 Å². The van der Waals surface area contributed by atoms with Gasteiger partial charge in [-0.3, -0.25) is 4.68 Å². The number of hydrogen-bond donors (Lipinski definition) is 2. The van der Waals surface area contributed by atoms with Crippen molar-refractivity contribution in [3.8, 4) is 5.75 Å². The topological polar surface area (TPSA) is 68.2 Å². The van der Waals surface area contributed by atoms with Gasteiger partial charge in [-0.15, -0.1) is 0 Å². The second-order valence-corrected chi connectivity index (χ2v) is 6.34. The predicted octanol–water partition coefficient (Wildman–Crippen LogP) is 3.01. The van der Waals surface area contributed by atoms with E-state index in [-0.39, 0.29) is 12.1 Å². The molecule has 2 atom stereocenters. The van der Waals surface area contributed by atoms with Crippen LogP contribution in [-0.4, -0.2) is 22.9 Å². The number of methoxy groups -OCH3 is 1. The maximum Gasteiger partial charge on any atom is 0.315 e. The van der Waals surface area contributed by atoms with Crippen molar-refractivity contribution in [2.45, 2.75) is 38.3 Å². The van der Waals surface area contributed by atoms with Gasteiger partial charge in [0.1, 0.15) is 11.6 Å². The van der Waals surface area contributed by atoms with Crippen molar-refractivity contribution in [1.82, 2.24) is 20.4 Å². The van der Waals surface area contributed by atoms with Crippen LogP contribution in [0.25, 0.3) is 0 Å². The molecule has 0 radical (unpaired) electrons. The van der Waals surface area contributed by atoms with Crippen molar-refractivity contribution >= 4 is 6.03 Å². The van der Waals surface area contributed by atoms with Gasteiger partial charge in [-0.2, -0.15) is 5.10 Å². The van der Waals surface area contributed by atoms with Gasteiger partial charge in [-0.05, 0) is 38.3 Å². The Morgan fingerprint density at radius 3 is 3.04 bits per heavy atom. The van der Waals surface area contributed by atoms with E-state index in [1.54, 1.807) is 23.7 Å². The molecule has 0 unspecified atom stereocenters. The van der Waals surface area contributed by atoms with Crippen molar-refractivity contribution < 1.29 is 13.9 Å². The molecular formula is C18H23FN4O2. The van der Waals surface area contributed by atoms with E-state index >= 15 is 0 Å². The summed E-state index contributed by atoms with van der Waals surface area (Å²) in [7, 11) is 3.36. The quantitative estimate of drug-likeness (QED) is 0.894. The number of aryl methyl sites for hydroxylation is 2. The maximum absolute atomic E-state index is 14.1. The van der Waals surface area contributed by atoms with Crippen LogP contribution >= 0.6 is 0 Å². The number of carbonyl (C=O) groups is 1. The van der Waals surface area contributed by atoms with Crippen molar-refractivity contribution in [3.05, 3.63) is 47.0 Å². The van der Waals surface area contributed by atoms with Gasteiger partial charge < -0.3 is 15.4 Å². The number of amides is 2. The Balaban J connectivity index is 1.69. The van der Waals surface area contributed by atoms with Gasteiger partial charge in [-0.1, -0.05) is 6.07 Å². The van der Waals surface area contributed by atoms with E-state index in [0.717, 1.165) is 30.5 Å². The lowest BCUT2D eigenvalue weighted by Gasteiger charge is -2.24. The van der Waals surface area contributed by atoms with Gasteiger partial charge >= 0.3 is 6.03 Å². The van der Waals surface area contributed by atoms with Crippen molar-refractivity contribution in [2.75, 3.05) is 7.11 Å². The van der Waals surface area contributed by atoms with E-state index in [1.165, 1.54) is 13.2 Å². The third kappa shape index (κ3) is 3.60. The summed E-state index contributed by atoms with van der Waals surface area (Å²) < 4.78 is 21.1. The van der Waals surface area contributed by atoms with Crippen LogP contribution in [0.1, 0.15) is 48.7 Å². The molecule has 25 heavy (non-hydrogen) atoms. The normalized spacial score (nSPS) is 17.5. The van der Waals surface area contributed by atoms with Crippen molar-refractivity contribution in [1.29, 1.82) is 0 Å². The molecule has 1 aromatic carbocycles. The molecule has 6 nitrogen and oxygen atoms in total. The maximum atomic E-state index is 14.1. The minimum absolute atomic E-state index is 0.0767. The minimum atomic E-state index is -0.520. The summed E-state index contributed by atoms with van der Waals surface area (Å²) >= 11 is 0. The average molecular weight is 346 g/mol. The van der Waals surface area contributed by atoms with Crippen LogP contribution in [0.5, 0.6) is 5.75 Å². The SMILES string of the molecule is COc1cccc(F)c1[C@H](C)NC(=O)N[C@H]1CCCc2nn(C)cc21. The van der Waals surface area contributed by atoms with Crippen LogP contribution in [0.15, 0.2) is 24.4 Å². The molecule has 134 valence electrons. The first kappa shape index (κ1) is 17.3. The molecule has 0 saturated heterocycles. The number of nitrogens with one attached hydrogen (secondary N) is 2. The average Bonchev–Trinajstić information content (AvgIpc) is 2.95. The lowest BCUT2D eigenvalue weighted by Crippen LogP contribution is -2.40. The van der Waals surface area contributed by atoms with E-state index in [2.05, 4.69) is 15.7 Å². The summed E-state index contributed by atoms with van der Waals surface area (Å²) in [5.74, 6) is 0.0133. The second-order valence-electron chi connectivity index (χ2n) is 6.34. The van der Waals surface area contributed by atoms with Crippen LogP contribution in [0, 0.1) is 5.82 Å². The van der Waals surface area contributed by atoms with Crippen LogP contribution < -0.4 is 15.4 Å². The third-order valence-electron chi connectivity index (χ3n) is 4.54. The first-order valence-electron chi connectivity index (χ1n) is 8.41. The third-order valence-corrected chi connectivity index (χ3v) is 4.54. The molecule has 2 amide bonds. The first-order valence-corrected chi connectivity index (χ1v) is 8.41. The Morgan fingerprint density at radius 1 is 1.48 bits per heavy atom. The number of hydrogen-bond acceptors (Lipinski definition) is 3. The second kappa shape index (κ2) is 7.13. The molecule has 1 aromatic heterocycles. The Morgan fingerprint density at radius 2 is 2.28 bits per heavy atom. The number of rotatable bonds is 4. The monoisotopic (exact) mass is 346 g/mol. The van der Waals surface area contributed by atoms with E-state index < -0.39 is 11.9 Å². The lowest BCUT2D eigenvalue weighted by atomic mass is 9.93. The van der Waals surface area contributed by atoms with E-state index in [4.69, 9.17) is 4.74 Å². The molecule has 0 bridgehead atoms. The number of halogens is 1. The number of urea groups is 1. The predicted molar refractivity (Wildman–Crippen MR) is 91.9 cm³/mol.